The van der Waals surface area contributed by atoms with Gasteiger partial charge >= 0.3 is 0 Å². The van der Waals surface area contributed by atoms with Gasteiger partial charge in [-0.1, -0.05) is 0 Å². The standard InChI is InChI=1S/C19H33N5O2/c1-3-21-19(22-10-15-26-18-6-4-9-20-16-18)23-17-7-12-24(13-8-17)11-5-14-25-2/h4,6,9,16-17H,3,5,7-8,10-15H2,1-2H3,(H2,21,22,23). The molecule has 1 fully saturated rings. The summed E-state index contributed by atoms with van der Waals surface area (Å²) in [5.41, 5.74) is 0. The highest BCUT2D eigenvalue weighted by molar-refractivity contribution is 5.80. The molecule has 0 amide bonds. The summed E-state index contributed by atoms with van der Waals surface area (Å²) in [4.78, 5) is 11.2. The van der Waals surface area contributed by atoms with E-state index in [9.17, 15) is 0 Å². The van der Waals surface area contributed by atoms with Gasteiger partial charge in [0.1, 0.15) is 12.4 Å². The van der Waals surface area contributed by atoms with Gasteiger partial charge in [0.05, 0.1) is 12.7 Å². The molecule has 0 aliphatic carbocycles. The molecule has 0 atom stereocenters. The lowest BCUT2D eigenvalue weighted by Gasteiger charge is -2.33. The van der Waals surface area contributed by atoms with Crippen LogP contribution in [-0.2, 0) is 4.74 Å². The van der Waals surface area contributed by atoms with Gasteiger partial charge in [-0.15, -0.1) is 0 Å². The average molecular weight is 364 g/mol. The quantitative estimate of drug-likeness (QED) is 0.373. The fraction of sp³-hybridized carbons (Fsp3) is 0.684. The number of nitrogens with zero attached hydrogens (tertiary/aromatic N) is 3. The largest absolute Gasteiger partial charge is 0.490 e. The Morgan fingerprint density at radius 1 is 1.35 bits per heavy atom. The Labute approximate surface area is 157 Å². The number of guanidine groups is 1. The molecule has 0 bridgehead atoms. The van der Waals surface area contributed by atoms with Crippen molar-refractivity contribution in [3.8, 4) is 5.75 Å². The van der Waals surface area contributed by atoms with Crippen molar-refractivity contribution in [1.82, 2.24) is 20.5 Å². The van der Waals surface area contributed by atoms with E-state index >= 15 is 0 Å². The lowest BCUT2D eigenvalue weighted by molar-refractivity contribution is 0.155. The number of piperidine rings is 1. The van der Waals surface area contributed by atoms with E-state index in [1.165, 1.54) is 0 Å². The van der Waals surface area contributed by atoms with Crippen LogP contribution in [0.25, 0.3) is 0 Å². The van der Waals surface area contributed by atoms with E-state index < -0.39 is 0 Å². The number of ether oxygens (including phenoxy) is 2. The summed E-state index contributed by atoms with van der Waals surface area (Å²) in [7, 11) is 1.76. The normalized spacial score (nSPS) is 16.5. The Bertz CT molecular complexity index is 504. The van der Waals surface area contributed by atoms with E-state index in [0.717, 1.165) is 63.8 Å². The van der Waals surface area contributed by atoms with Gasteiger partial charge in [0.2, 0.25) is 0 Å². The molecule has 26 heavy (non-hydrogen) atoms. The van der Waals surface area contributed by atoms with Crippen LogP contribution in [0.4, 0.5) is 0 Å². The fourth-order valence-corrected chi connectivity index (χ4v) is 3.00. The van der Waals surface area contributed by atoms with Crippen LogP contribution >= 0.6 is 0 Å². The van der Waals surface area contributed by atoms with Crippen molar-refractivity contribution in [3.05, 3.63) is 24.5 Å². The summed E-state index contributed by atoms with van der Waals surface area (Å²) < 4.78 is 10.8. The van der Waals surface area contributed by atoms with E-state index in [1.54, 1.807) is 19.5 Å². The molecule has 2 N–H and O–H groups in total. The molecule has 0 saturated carbocycles. The van der Waals surface area contributed by atoms with Crippen molar-refractivity contribution < 1.29 is 9.47 Å². The zero-order valence-corrected chi connectivity index (χ0v) is 16.1. The first-order valence-corrected chi connectivity index (χ1v) is 9.60. The van der Waals surface area contributed by atoms with E-state index in [2.05, 4.69) is 32.4 Å². The Morgan fingerprint density at radius 2 is 2.19 bits per heavy atom. The molecule has 0 unspecified atom stereocenters. The van der Waals surface area contributed by atoms with Crippen molar-refractivity contribution in [2.45, 2.75) is 32.2 Å². The van der Waals surface area contributed by atoms with Gasteiger partial charge in [-0.25, -0.2) is 4.99 Å². The SMILES string of the molecule is CCNC(=NCCOc1cccnc1)NC1CCN(CCCOC)CC1. The highest BCUT2D eigenvalue weighted by atomic mass is 16.5. The maximum Gasteiger partial charge on any atom is 0.191 e. The molecule has 1 aliphatic rings. The third kappa shape index (κ3) is 8.01. The Morgan fingerprint density at radius 3 is 2.88 bits per heavy atom. The molecule has 7 nitrogen and oxygen atoms in total. The highest BCUT2D eigenvalue weighted by Crippen LogP contribution is 2.10. The van der Waals surface area contributed by atoms with Crippen LogP contribution in [0.3, 0.4) is 0 Å². The van der Waals surface area contributed by atoms with E-state index in [1.807, 2.05) is 12.1 Å². The van der Waals surface area contributed by atoms with Crippen LogP contribution in [0.5, 0.6) is 5.75 Å². The minimum atomic E-state index is 0.478. The van der Waals surface area contributed by atoms with Crippen LogP contribution < -0.4 is 15.4 Å². The van der Waals surface area contributed by atoms with Crippen molar-refractivity contribution in [2.75, 3.05) is 53.0 Å². The summed E-state index contributed by atoms with van der Waals surface area (Å²) in [5.74, 6) is 1.65. The Hall–Kier alpha value is -1.86. The molecular formula is C19H33N5O2. The number of likely N-dealkylation sites (tertiary alicyclic amines) is 1. The van der Waals surface area contributed by atoms with Gasteiger partial charge in [-0.3, -0.25) is 4.98 Å². The average Bonchev–Trinajstić information content (AvgIpc) is 2.68. The maximum atomic E-state index is 5.64. The molecule has 0 radical (unpaired) electrons. The molecule has 0 aromatic carbocycles. The molecule has 1 aliphatic heterocycles. The lowest BCUT2D eigenvalue weighted by atomic mass is 10.1. The van der Waals surface area contributed by atoms with Crippen LogP contribution in [0, 0.1) is 0 Å². The number of pyridine rings is 1. The van der Waals surface area contributed by atoms with Crippen LogP contribution in [0.2, 0.25) is 0 Å². The molecule has 2 rings (SSSR count). The second kappa shape index (κ2) is 12.5. The Balaban J connectivity index is 1.68. The van der Waals surface area contributed by atoms with E-state index in [0.29, 0.717) is 19.2 Å². The number of hydrogen-bond donors (Lipinski definition) is 2. The van der Waals surface area contributed by atoms with E-state index in [4.69, 9.17) is 9.47 Å². The minimum Gasteiger partial charge on any atom is -0.490 e. The predicted octanol–water partition coefficient (Wildman–Crippen LogP) is 1.52. The molecule has 146 valence electrons. The highest BCUT2D eigenvalue weighted by Gasteiger charge is 2.19. The van der Waals surface area contributed by atoms with Gasteiger partial charge in [0.25, 0.3) is 0 Å². The zero-order chi connectivity index (χ0) is 18.5. The van der Waals surface area contributed by atoms with E-state index in [-0.39, 0.29) is 0 Å². The molecule has 0 spiro atoms. The smallest absolute Gasteiger partial charge is 0.191 e. The first-order valence-electron chi connectivity index (χ1n) is 9.60. The Kier molecular flexibility index (Phi) is 9.82. The van der Waals surface area contributed by atoms with Crippen molar-refractivity contribution in [3.63, 3.8) is 0 Å². The molecule has 1 aromatic heterocycles. The molecule has 1 aromatic rings. The van der Waals surface area contributed by atoms with Crippen LogP contribution in [0.1, 0.15) is 26.2 Å². The number of aliphatic imine (C=N–C) groups is 1. The first-order chi connectivity index (χ1) is 12.8. The van der Waals surface area contributed by atoms with Gasteiger partial charge < -0.3 is 25.0 Å². The summed E-state index contributed by atoms with van der Waals surface area (Å²) in [6.45, 7) is 8.32. The third-order valence-electron chi connectivity index (χ3n) is 4.36. The minimum absolute atomic E-state index is 0.478. The second-order valence-corrected chi connectivity index (χ2v) is 6.40. The number of methoxy groups -OCH3 is 1. The van der Waals surface area contributed by atoms with Crippen LogP contribution in [-0.4, -0.2) is 74.9 Å². The van der Waals surface area contributed by atoms with Crippen molar-refractivity contribution in [2.24, 2.45) is 4.99 Å². The zero-order valence-electron chi connectivity index (χ0n) is 16.1. The van der Waals surface area contributed by atoms with Crippen molar-refractivity contribution >= 4 is 5.96 Å². The number of nitrogens with one attached hydrogen (secondary N) is 2. The van der Waals surface area contributed by atoms with Gasteiger partial charge in [-0.2, -0.15) is 0 Å². The predicted molar refractivity (Wildman–Crippen MR) is 105 cm³/mol. The molecule has 7 heteroatoms. The summed E-state index contributed by atoms with van der Waals surface area (Å²) in [6, 6.07) is 4.25. The molecule has 2 heterocycles. The van der Waals surface area contributed by atoms with Gasteiger partial charge in [0, 0.05) is 52.1 Å². The van der Waals surface area contributed by atoms with Gasteiger partial charge in [-0.05, 0) is 38.3 Å². The number of rotatable bonds is 10. The fourth-order valence-electron chi connectivity index (χ4n) is 3.00. The topological polar surface area (TPSA) is 71.0 Å². The molecular weight excluding hydrogens is 330 g/mol. The molecule has 1 saturated heterocycles. The van der Waals surface area contributed by atoms with Crippen molar-refractivity contribution in [1.29, 1.82) is 0 Å². The summed E-state index contributed by atoms with van der Waals surface area (Å²) in [5, 5.41) is 6.89. The number of aromatic nitrogens is 1. The monoisotopic (exact) mass is 363 g/mol. The number of hydrogen-bond acceptors (Lipinski definition) is 5. The second-order valence-electron chi connectivity index (χ2n) is 6.40. The van der Waals surface area contributed by atoms with Crippen LogP contribution in [0.15, 0.2) is 29.5 Å². The lowest BCUT2D eigenvalue weighted by Crippen LogP contribution is -2.49. The van der Waals surface area contributed by atoms with Gasteiger partial charge in [0.15, 0.2) is 5.96 Å². The maximum absolute atomic E-state index is 5.64. The summed E-state index contributed by atoms with van der Waals surface area (Å²) in [6.07, 6.45) is 6.84. The third-order valence-corrected chi connectivity index (χ3v) is 4.36. The first kappa shape index (κ1) is 20.5. The summed E-state index contributed by atoms with van der Waals surface area (Å²) >= 11 is 0.